The summed E-state index contributed by atoms with van der Waals surface area (Å²) < 4.78 is 27.5. The molecule has 0 aliphatic rings. The Bertz CT molecular complexity index is 858. The minimum absolute atomic E-state index is 0.152. The highest BCUT2D eigenvalue weighted by atomic mass is 32.2. The first kappa shape index (κ1) is 18.5. The normalized spacial score (nSPS) is 10.4. The van der Waals surface area contributed by atoms with Crippen LogP contribution in [0, 0.1) is 21.7 Å². The number of amides is 1. The number of carbonyl (C=O) groups is 2. The summed E-state index contributed by atoms with van der Waals surface area (Å²) in [6.45, 7) is 1.31. The maximum absolute atomic E-state index is 13.9. The Morgan fingerprint density at radius 2 is 1.88 bits per heavy atom. The zero-order valence-electron chi connectivity index (χ0n) is 12.9. The van der Waals surface area contributed by atoms with Crippen LogP contribution >= 0.6 is 11.8 Å². The van der Waals surface area contributed by atoms with E-state index in [-0.39, 0.29) is 33.4 Å². The molecule has 0 aromatic heterocycles. The smallest absolute Gasteiger partial charge is 0.271 e. The van der Waals surface area contributed by atoms with Gasteiger partial charge >= 0.3 is 0 Å². The third-order valence-corrected chi connectivity index (χ3v) is 4.18. The minimum Gasteiger partial charge on any atom is -0.323 e. The van der Waals surface area contributed by atoms with Crippen LogP contribution in [0.25, 0.3) is 0 Å². The molecule has 2 aromatic rings. The van der Waals surface area contributed by atoms with Crippen molar-refractivity contribution in [2.75, 3.05) is 11.1 Å². The number of benzene rings is 2. The highest BCUT2D eigenvalue weighted by Crippen LogP contribution is 2.24. The van der Waals surface area contributed by atoms with E-state index >= 15 is 0 Å². The number of rotatable bonds is 6. The molecular formula is C16H12F2N2O4S. The van der Waals surface area contributed by atoms with Gasteiger partial charge in [0.1, 0.15) is 11.6 Å². The summed E-state index contributed by atoms with van der Waals surface area (Å²) in [6.07, 6.45) is 0. The number of thioether (sulfide) groups is 1. The molecule has 1 N–H and O–H groups in total. The van der Waals surface area contributed by atoms with E-state index in [1.165, 1.54) is 19.1 Å². The minimum atomic E-state index is -0.819. The van der Waals surface area contributed by atoms with Gasteiger partial charge in [0.05, 0.1) is 16.4 Å². The van der Waals surface area contributed by atoms with Gasteiger partial charge in [-0.25, -0.2) is 8.78 Å². The second-order valence-corrected chi connectivity index (χ2v) is 5.98. The van der Waals surface area contributed by atoms with Crippen LogP contribution in [0.15, 0.2) is 41.3 Å². The highest BCUT2D eigenvalue weighted by Gasteiger charge is 2.14. The number of nitrogens with zero attached hydrogens (tertiary/aromatic N) is 1. The number of Topliss-reactive ketones (excluding diaryl/α,β-unsaturated/α-hetero) is 1. The lowest BCUT2D eigenvalue weighted by Gasteiger charge is -2.07. The van der Waals surface area contributed by atoms with Gasteiger partial charge in [-0.05, 0) is 25.1 Å². The van der Waals surface area contributed by atoms with Gasteiger partial charge in [-0.2, -0.15) is 0 Å². The van der Waals surface area contributed by atoms with Crippen LogP contribution in [0.2, 0.25) is 0 Å². The van der Waals surface area contributed by atoms with Crippen LogP contribution in [0.5, 0.6) is 0 Å². The average Bonchev–Trinajstić information content (AvgIpc) is 2.55. The SMILES string of the molecule is CC(=O)c1ccc(SCC(=O)Nc2cc([N+](=O)[O-])ccc2F)c(F)c1. The third-order valence-electron chi connectivity index (χ3n) is 3.13. The lowest BCUT2D eigenvalue weighted by atomic mass is 10.1. The zero-order chi connectivity index (χ0) is 18.6. The third kappa shape index (κ3) is 4.83. The molecule has 6 nitrogen and oxygen atoms in total. The van der Waals surface area contributed by atoms with Crippen LogP contribution < -0.4 is 5.32 Å². The Labute approximate surface area is 145 Å². The average molecular weight is 366 g/mol. The largest absolute Gasteiger partial charge is 0.323 e. The van der Waals surface area contributed by atoms with E-state index in [1.807, 2.05) is 0 Å². The molecule has 0 unspecified atom stereocenters. The molecular weight excluding hydrogens is 354 g/mol. The van der Waals surface area contributed by atoms with Crippen molar-refractivity contribution in [2.24, 2.45) is 0 Å². The molecule has 0 radical (unpaired) electrons. The van der Waals surface area contributed by atoms with Crippen molar-refractivity contribution in [3.63, 3.8) is 0 Å². The zero-order valence-corrected chi connectivity index (χ0v) is 13.7. The van der Waals surface area contributed by atoms with Crippen molar-refractivity contribution < 1.29 is 23.3 Å². The number of halogens is 2. The molecule has 0 aliphatic carbocycles. The van der Waals surface area contributed by atoms with Gasteiger partial charge < -0.3 is 5.32 Å². The molecule has 0 spiro atoms. The Balaban J connectivity index is 2.03. The summed E-state index contributed by atoms with van der Waals surface area (Å²) in [5.74, 6) is -2.64. The Hall–Kier alpha value is -2.81. The molecule has 0 heterocycles. The number of non-ortho nitro benzene ring substituents is 1. The lowest BCUT2D eigenvalue weighted by Crippen LogP contribution is -2.15. The number of nitro groups is 1. The molecule has 2 rings (SSSR count). The number of carbonyl (C=O) groups excluding carboxylic acids is 2. The number of hydrogen-bond donors (Lipinski definition) is 1. The van der Waals surface area contributed by atoms with Crippen molar-refractivity contribution in [1.82, 2.24) is 0 Å². The Morgan fingerprint density at radius 3 is 2.48 bits per heavy atom. The fraction of sp³-hybridized carbons (Fsp3) is 0.125. The van der Waals surface area contributed by atoms with E-state index in [1.54, 1.807) is 0 Å². The van der Waals surface area contributed by atoms with E-state index in [2.05, 4.69) is 5.32 Å². The summed E-state index contributed by atoms with van der Waals surface area (Å²) in [5, 5.41) is 12.9. The van der Waals surface area contributed by atoms with Gasteiger partial charge in [-0.15, -0.1) is 11.8 Å². The summed E-state index contributed by atoms with van der Waals surface area (Å²) in [7, 11) is 0. The number of nitro benzene ring substituents is 1. The molecule has 0 saturated heterocycles. The predicted octanol–water partition coefficient (Wildman–Crippen LogP) is 3.81. The molecule has 0 fully saturated rings. The summed E-state index contributed by atoms with van der Waals surface area (Å²) in [6, 6.07) is 6.64. The highest BCUT2D eigenvalue weighted by molar-refractivity contribution is 8.00. The second-order valence-electron chi connectivity index (χ2n) is 4.96. The molecule has 0 bridgehead atoms. The molecule has 25 heavy (non-hydrogen) atoms. The van der Waals surface area contributed by atoms with Crippen LogP contribution in [0.4, 0.5) is 20.2 Å². The predicted molar refractivity (Wildman–Crippen MR) is 88.8 cm³/mol. The topological polar surface area (TPSA) is 89.3 Å². The summed E-state index contributed by atoms with van der Waals surface area (Å²) in [5.41, 5.74) is -0.479. The monoisotopic (exact) mass is 366 g/mol. The van der Waals surface area contributed by atoms with Crippen LogP contribution in [-0.4, -0.2) is 22.4 Å². The lowest BCUT2D eigenvalue weighted by molar-refractivity contribution is -0.384. The number of hydrogen-bond acceptors (Lipinski definition) is 5. The summed E-state index contributed by atoms with van der Waals surface area (Å²) in [4.78, 5) is 33.1. The van der Waals surface area contributed by atoms with Gasteiger partial charge in [0.15, 0.2) is 5.78 Å². The van der Waals surface area contributed by atoms with E-state index < -0.39 is 22.5 Å². The first-order valence-electron chi connectivity index (χ1n) is 6.95. The van der Waals surface area contributed by atoms with Gasteiger partial charge in [-0.3, -0.25) is 19.7 Å². The molecule has 0 aliphatic heterocycles. The van der Waals surface area contributed by atoms with Crippen molar-refractivity contribution in [1.29, 1.82) is 0 Å². The molecule has 9 heteroatoms. The van der Waals surface area contributed by atoms with Gasteiger partial charge in [0, 0.05) is 22.6 Å². The van der Waals surface area contributed by atoms with Crippen molar-refractivity contribution in [3.05, 3.63) is 63.7 Å². The Kier molecular flexibility index (Phi) is 5.81. The maximum Gasteiger partial charge on any atom is 0.271 e. The molecule has 0 saturated carbocycles. The fourth-order valence-corrected chi connectivity index (χ4v) is 2.61. The first-order valence-corrected chi connectivity index (χ1v) is 7.93. The standard InChI is InChI=1S/C16H12F2N2O4S/c1-9(21)10-2-5-15(13(18)6-10)25-8-16(22)19-14-7-11(20(23)24)3-4-12(14)17/h2-7H,8H2,1H3,(H,19,22). The van der Waals surface area contributed by atoms with Gasteiger partial charge in [0.2, 0.25) is 5.91 Å². The quantitative estimate of drug-likeness (QED) is 0.363. The molecule has 0 atom stereocenters. The number of ketones is 1. The van der Waals surface area contributed by atoms with E-state index in [9.17, 15) is 28.5 Å². The van der Waals surface area contributed by atoms with Crippen LogP contribution in [-0.2, 0) is 4.79 Å². The first-order chi connectivity index (χ1) is 11.8. The van der Waals surface area contributed by atoms with Gasteiger partial charge in [0.25, 0.3) is 5.69 Å². The van der Waals surface area contributed by atoms with E-state index in [0.717, 1.165) is 36.0 Å². The molecule has 130 valence electrons. The van der Waals surface area contributed by atoms with Crippen molar-refractivity contribution >= 4 is 34.8 Å². The van der Waals surface area contributed by atoms with E-state index in [0.29, 0.717) is 0 Å². The van der Waals surface area contributed by atoms with Gasteiger partial charge in [-0.1, -0.05) is 6.07 Å². The maximum atomic E-state index is 13.9. The van der Waals surface area contributed by atoms with Crippen molar-refractivity contribution in [3.8, 4) is 0 Å². The van der Waals surface area contributed by atoms with Crippen LogP contribution in [0.3, 0.4) is 0 Å². The number of anilines is 1. The Morgan fingerprint density at radius 1 is 1.16 bits per heavy atom. The van der Waals surface area contributed by atoms with Crippen LogP contribution in [0.1, 0.15) is 17.3 Å². The molecule has 1 amide bonds. The molecule has 2 aromatic carbocycles. The second kappa shape index (κ2) is 7.84. The summed E-state index contributed by atoms with van der Waals surface area (Å²) >= 11 is 0.857. The van der Waals surface area contributed by atoms with E-state index in [4.69, 9.17) is 0 Å². The fourth-order valence-electron chi connectivity index (χ4n) is 1.89. The van der Waals surface area contributed by atoms with Crippen molar-refractivity contribution in [2.45, 2.75) is 11.8 Å². The number of nitrogens with one attached hydrogen (secondary N) is 1.